The summed E-state index contributed by atoms with van der Waals surface area (Å²) in [4.78, 5) is 20.2. The predicted molar refractivity (Wildman–Crippen MR) is 43.6 cm³/mol. The van der Waals surface area contributed by atoms with E-state index in [0.717, 1.165) is 0 Å². The number of amides is 1. The Morgan fingerprint density at radius 1 is 1.82 bits per heavy atom. The Labute approximate surface area is 69.4 Å². The van der Waals surface area contributed by atoms with Crippen molar-refractivity contribution in [2.75, 3.05) is 12.8 Å². The van der Waals surface area contributed by atoms with Crippen molar-refractivity contribution in [1.29, 1.82) is 0 Å². The SMILES string of the molecule is CSC(CCNC=O)C(=O)O. The number of nitrogens with one attached hydrogen (secondary N) is 1. The minimum atomic E-state index is -0.829. The normalized spacial score (nSPS) is 12.1. The highest BCUT2D eigenvalue weighted by molar-refractivity contribution is 7.99. The molecule has 0 aromatic rings. The van der Waals surface area contributed by atoms with Crippen LogP contribution in [0.4, 0.5) is 0 Å². The number of carbonyl (C=O) groups is 2. The molecule has 0 aliphatic rings. The second-order valence-electron chi connectivity index (χ2n) is 1.92. The van der Waals surface area contributed by atoms with Crippen molar-refractivity contribution < 1.29 is 14.7 Å². The Hall–Kier alpha value is -0.710. The average molecular weight is 177 g/mol. The molecule has 2 N–H and O–H groups in total. The average Bonchev–Trinajstić information content (AvgIpc) is 1.97. The second kappa shape index (κ2) is 6.03. The molecule has 0 spiro atoms. The Morgan fingerprint density at radius 3 is 2.82 bits per heavy atom. The van der Waals surface area contributed by atoms with E-state index in [1.54, 1.807) is 6.26 Å². The molecule has 1 atom stereocenters. The number of carboxylic acids is 1. The molecule has 64 valence electrons. The molecule has 0 aliphatic carbocycles. The maximum absolute atomic E-state index is 10.4. The predicted octanol–water partition coefficient (Wildman–Crippen LogP) is -0.0613. The summed E-state index contributed by atoms with van der Waals surface area (Å²) >= 11 is 1.27. The lowest BCUT2D eigenvalue weighted by Crippen LogP contribution is -2.22. The summed E-state index contributed by atoms with van der Waals surface area (Å²) in [6.07, 6.45) is 2.77. The molecule has 0 saturated carbocycles. The van der Waals surface area contributed by atoms with Gasteiger partial charge in [-0.2, -0.15) is 11.8 Å². The van der Waals surface area contributed by atoms with Gasteiger partial charge in [0.15, 0.2) is 0 Å². The van der Waals surface area contributed by atoms with Crippen molar-refractivity contribution in [3.8, 4) is 0 Å². The van der Waals surface area contributed by atoms with Gasteiger partial charge in [0.25, 0.3) is 0 Å². The van der Waals surface area contributed by atoms with Crippen LogP contribution >= 0.6 is 11.8 Å². The fourth-order valence-electron chi connectivity index (χ4n) is 0.615. The zero-order valence-corrected chi connectivity index (χ0v) is 7.06. The fraction of sp³-hybridized carbons (Fsp3) is 0.667. The van der Waals surface area contributed by atoms with E-state index in [1.807, 2.05) is 0 Å². The van der Waals surface area contributed by atoms with Crippen LogP contribution in [0.5, 0.6) is 0 Å². The molecule has 0 radical (unpaired) electrons. The van der Waals surface area contributed by atoms with Gasteiger partial charge in [0.05, 0.1) is 0 Å². The summed E-state index contributed by atoms with van der Waals surface area (Å²) < 4.78 is 0. The molecule has 0 aromatic heterocycles. The highest BCUT2D eigenvalue weighted by atomic mass is 32.2. The first kappa shape index (κ1) is 10.3. The molecule has 0 aromatic carbocycles. The Morgan fingerprint density at radius 2 is 2.45 bits per heavy atom. The van der Waals surface area contributed by atoms with Gasteiger partial charge in [-0.05, 0) is 12.7 Å². The molecule has 4 nitrogen and oxygen atoms in total. The molecule has 0 saturated heterocycles. The number of carbonyl (C=O) groups excluding carboxylic acids is 1. The van der Waals surface area contributed by atoms with Gasteiger partial charge in [-0.15, -0.1) is 0 Å². The van der Waals surface area contributed by atoms with Crippen LogP contribution in [0.25, 0.3) is 0 Å². The van der Waals surface area contributed by atoms with Crippen LogP contribution in [0.2, 0.25) is 0 Å². The van der Waals surface area contributed by atoms with E-state index in [2.05, 4.69) is 5.32 Å². The molecule has 0 fully saturated rings. The topological polar surface area (TPSA) is 66.4 Å². The van der Waals surface area contributed by atoms with E-state index in [1.165, 1.54) is 11.8 Å². The Balaban J connectivity index is 3.52. The lowest BCUT2D eigenvalue weighted by atomic mass is 10.3. The molecule has 0 bridgehead atoms. The molecule has 0 aliphatic heterocycles. The number of hydrogen-bond acceptors (Lipinski definition) is 3. The Kier molecular flexibility index (Phi) is 5.64. The van der Waals surface area contributed by atoms with Crippen molar-refractivity contribution in [2.45, 2.75) is 11.7 Å². The van der Waals surface area contributed by atoms with Crippen molar-refractivity contribution in [2.24, 2.45) is 0 Å². The molecular weight excluding hydrogens is 166 g/mol. The first-order chi connectivity index (χ1) is 5.22. The van der Waals surface area contributed by atoms with Crippen LogP contribution in [0, 0.1) is 0 Å². The molecule has 5 heteroatoms. The summed E-state index contributed by atoms with van der Waals surface area (Å²) in [5.41, 5.74) is 0. The standard InChI is InChI=1S/C6H11NO3S/c1-11-5(6(9)10)2-3-7-4-8/h4-5H,2-3H2,1H3,(H,7,8)(H,9,10). The molecule has 11 heavy (non-hydrogen) atoms. The van der Waals surface area contributed by atoms with E-state index in [0.29, 0.717) is 19.4 Å². The van der Waals surface area contributed by atoms with Crippen molar-refractivity contribution in [1.82, 2.24) is 5.32 Å². The third kappa shape index (κ3) is 4.66. The fourth-order valence-corrected chi connectivity index (χ4v) is 1.17. The van der Waals surface area contributed by atoms with E-state index >= 15 is 0 Å². The van der Waals surface area contributed by atoms with Gasteiger partial charge >= 0.3 is 5.97 Å². The van der Waals surface area contributed by atoms with E-state index < -0.39 is 11.2 Å². The van der Waals surface area contributed by atoms with Gasteiger partial charge in [-0.1, -0.05) is 0 Å². The molecule has 1 amide bonds. The molecular formula is C6H11NO3S. The third-order valence-electron chi connectivity index (χ3n) is 1.19. The minimum absolute atomic E-state index is 0.414. The zero-order valence-electron chi connectivity index (χ0n) is 6.24. The van der Waals surface area contributed by atoms with Gasteiger partial charge in [0, 0.05) is 6.54 Å². The van der Waals surface area contributed by atoms with E-state index in [-0.39, 0.29) is 0 Å². The van der Waals surface area contributed by atoms with E-state index in [9.17, 15) is 9.59 Å². The maximum atomic E-state index is 10.4. The number of hydrogen-bond donors (Lipinski definition) is 2. The quantitative estimate of drug-likeness (QED) is 0.440. The number of rotatable bonds is 6. The van der Waals surface area contributed by atoms with Crippen LogP contribution in [-0.4, -0.2) is 35.5 Å². The molecule has 0 rings (SSSR count). The lowest BCUT2D eigenvalue weighted by molar-refractivity contribution is -0.136. The van der Waals surface area contributed by atoms with Crippen molar-refractivity contribution >= 4 is 24.1 Å². The third-order valence-corrected chi connectivity index (χ3v) is 2.20. The van der Waals surface area contributed by atoms with Gasteiger partial charge < -0.3 is 10.4 Å². The first-order valence-electron chi connectivity index (χ1n) is 3.15. The van der Waals surface area contributed by atoms with Crippen molar-refractivity contribution in [3.63, 3.8) is 0 Å². The van der Waals surface area contributed by atoms with Gasteiger partial charge in [-0.3, -0.25) is 9.59 Å². The molecule has 1 unspecified atom stereocenters. The zero-order chi connectivity index (χ0) is 8.69. The van der Waals surface area contributed by atoms with Gasteiger partial charge in [-0.25, -0.2) is 0 Å². The maximum Gasteiger partial charge on any atom is 0.316 e. The van der Waals surface area contributed by atoms with Crippen LogP contribution in [0.3, 0.4) is 0 Å². The lowest BCUT2D eigenvalue weighted by Gasteiger charge is -2.07. The Bertz CT molecular complexity index is 140. The number of thioether (sulfide) groups is 1. The van der Waals surface area contributed by atoms with Crippen LogP contribution in [0.15, 0.2) is 0 Å². The number of carboxylic acid groups (broad SMARTS) is 1. The highest BCUT2D eigenvalue weighted by Crippen LogP contribution is 2.09. The van der Waals surface area contributed by atoms with Gasteiger partial charge in [0.2, 0.25) is 6.41 Å². The van der Waals surface area contributed by atoms with Crippen LogP contribution in [-0.2, 0) is 9.59 Å². The first-order valence-corrected chi connectivity index (χ1v) is 4.43. The largest absolute Gasteiger partial charge is 0.480 e. The van der Waals surface area contributed by atoms with Gasteiger partial charge in [0.1, 0.15) is 5.25 Å². The van der Waals surface area contributed by atoms with Crippen LogP contribution in [0.1, 0.15) is 6.42 Å². The summed E-state index contributed by atoms with van der Waals surface area (Å²) in [5.74, 6) is -0.829. The van der Waals surface area contributed by atoms with Crippen molar-refractivity contribution in [3.05, 3.63) is 0 Å². The summed E-state index contributed by atoms with van der Waals surface area (Å²) in [7, 11) is 0. The molecule has 0 heterocycles. The number of aliphatic carboxylic acids is 1. The smallest absolute Gasteiger partial charge is 0.316 e. The summed E-state index contributed by atoms with van der Waals surface area (Å²) in [6, 6.07) is 0. The highest BCUT2D eigenvalue weighted by Gasteiger charge is 2.14. The summed E-state index contributed by atoms with van der Waals surface area (Å²) in [6.45, 7) is 0.418. The monoisotopic (exact) mass is 177 g/mol. The minimum Gasteiger partial charge on any atom is -0.480 e. The van der Waals surface area contributed by atoms with E-state index in [4.69, 9.17) is 5.11 Å². The second-order valence-corrected chi connectivity index (χ2v) is 2.96. The van der Waals surface area contributed by atoms with Crippen LogP contribution < -0.4 is 5.32 Å². The summed E-state index contributed by atoms with van der Waals surface area (Å²) in [5, 5.41) is 10.5.